The van der Waals surface area contributed by atoms with E-state index in [2.05, 4.69) is 21.6 Å². The molecule has 1 aliphatic heterocycles. The molecule has 1 aromatic heterocycles. The lowest BCUT2D eigenvalue weighted by molar-refractivity contribution is -0.113. The molecule has 176 valence electrons. The highest BCUT2D eigenvalue weighted by atomic mass is 16.2. The van der Waals surface area contributed by atoms with E-state index >= 15 is 0 Å². The number of nitrogens with zero attached hydrogens (tertiary/aromatic N) is 3. The van der Waals surface area contributed by atoms with Crippen molar-refractivity contribution in [3.05, 3.63) is 114 Å². The van der Waals surface area contributed by atoms with E-state index in [9.17, 15) is 9.59 Å². The minimum atomic E-state index is -0.482. The first-order valence-electron chi connectivity index (χ1n) is 12.0. The van der Waals surface area contributed by atoms with Gasteiger partial charge >= 0.3 is 0 Å². The molecule has 0 spiro atoms. The number of piperazine rings is 1. The summed E-state index contributed by atoms with van der Waals surface area (Å²) in [5.74, 6) is -0.0990. The van der Waals surface area contributed by atoms with Crippen molar-refractivity contribution < 1.29 is 9.59 Å². The molecule has 1 amide bonds. The molecular weight excluding hydrogens is 434 g/mol. The number of aromatic nitrogens is 1. The third kappa shape index (κ3) is 4.68. The third-order valence-electron chi connectivity index (χ3n) is 6.65. The fourth-order valence-electron chi connectivity index (χ4n) is 4.97. The number of aryl methyl sites for hydroxylation is 1. The highest BCUT2D eigenvalue weighted by Gasteiger charge is 2.33. The van der Waals surface area contributed by atoms with Crippen molar-refractivity contribution >= 4 is 12.2 Å². The van der Waals surface area contributed by atoms with E-state index in [0.29, 0.717) is 18.7 Å². The Balaban J connectivity index is 1.48. The van der Waals surface area contributed by atoms with Crippen LogP contribution in [-0.2, 0) is 11.3 Å². The second kappa shape index (κ2) is 10.1. The maximum Gasteiger partial charge on any atom is 0.256 e. The van der Waals surface area contributed by atoms with Crippen LogP contribution in [0, 0.1) is 6.92 Å². The van der Waals surface area contributed by atoms with Crippen molar-refractivity contribution in [2.75, 3.05) is 19.6 Å². The molecule has 0 bridgehead atoms. The molecule has 0 radical (unpaired) electrons. The Morgan fingerprint density at radius 3 is 2.17 bits per heavy atom. The maximum absolute atomic E-state index is 14.0. The lowest BCUT2D eigenvalue weighted by atomic mass is 10.0. The molecule has 5 nitrogen and oxygen atoms in total. The molecule has 1 atom stereocenters. The molecule has 0 saturated carbocycles. The average molecular weight is 464 g/mol. The van der Waals surface area contributed by atoms with E-state index in [4.69, 9.17) is 0 Å². The van der Waals surface area contributed by atoms with Crippen LogP contribution in [0.1, 0.15) is 21.6 Å². The number of amides is 1. The molecular formula is C30H29N3O2. The van der Waals surface area contributed by atoms with E-state index in [-0.39, 0.29) is 5.91 Å². The SMILES string of the molecule is Cc1cc(C(=O)N2CCN(Cc3ccccc3)C[C@H]2C=O)c(-c2ccccc2)n1-c1ccccc1. The Bertz CT molecular complexity index is 1300. The van der Waals surface area contributed by atoms with Crippen molar-refractivity contribution in [3.8, 4) is 16.9 Å². The fraction of sp³-hybridized carbons (Fsp3) is 0.200. The molecule has 3 aromatic carbocycles. The minimum Gasteiger partial charge on any atom is -0.326 e. The largest absolute Gasteiger partial charge is 0.326 e. The predicted molar refractivity (Wildman–Crippen MR) is 139 cm³/mol. The van der Waals surface area contributed by atoms with Crippen LogP contribution >= 0.6 is 0 Å². The number of carbonyl (C=O) groups excluding carboxylic acids is 2. The molecule has 5 rings (SSSR count). The topological polar surface area (TPSA) is 45.6 Å². The van der Waals surface area contributed by atoms with Gasteiger partial charge in [-0.25, -0.2) is 0 Å². The van der Waals surface area contributed by atoms with Crippen LogP contribution in [-0.4, -0.2) is 52.2 Å². The first kappa shape index (κ1) is 22.8. The van der Waals surface area contributed by atoms with Gasteiger partial charge in [-0.2, -0.15) is 0 Å². The number of hydrogen-bond donors (Lipinski definition) is 0. The average Bonchev–Trinajstić information content (AvgIpc) is 3.26. The molecule has 5 heteroatoms. The first-order chi connectivity index (χ1) is 17.2. The number of hydrogen-bond acceptors (Lipinski definition) is 3. The van der Waals surface area contributed by atoms with Gasteiger partial charge in [-0.1, -0.05) is 78.9 Å². The highest BCUT2D eigenvalue weighted by Crippen LogP contribution is 2.32. The van der Waals surface area contributed by atoms with Gasteiger partial charge in [0.1, 0.15) is 12.3 Å². The molecule has 0 N–H and O–H groups in total. The Labute approximate surface area is 206 Å². The summed E-state index contributed by atoms with van der Waals surface area (Å²) in [4.78, 5) is 30.1. The van der Waals surface area contributed by atoms with Gasteiger partial charge in [-0.15, -0.1) is 0 Å². The quantitative estimate of drug-likeness (QED) is 0.379. The maximum atomic E-state index is 14.0. The van der Waals surface area contributed by atoms with Gasteiger partial charge < -0.3 is 14.3 Å². The van der Waals surface area contributed by atoms with Crippen LogP contribution < -0.4 is 0 Å². The van der Waals surface area contributed by atoms with Gasteiger partial charge in [0.25, 0.3) is 5.91 Å². The Morgan fingerprint density at radius 2 is 1.51 bits per heavy atom. The summed E-state index contributed by atoms with van der Waals surface area (Å²) in [5, 5.41) is 0. The van der Waals surface area contributed by atoms with Gasteiger partial charge in [0.05, 0.1) is 11.3 Å². The minimum absolute atomic E-state index is 0.0990. The van der Waals surface area contributed by atoms with E-state index in [1.54, 1.807) is 4.90 Å². The van der Waals surface area contributed by atoms with Crippen molar-refractivity contribution in [2.45, 2.75) is 19.5 Å². The van der Waals surface area contributed by atoms with E-state index in [1.165, 1.54) is 5.56 Å². The highest BCUT2D eigenvalue weighted by molar-refractivity contribution is 6.02. The summed E-state index contributed by atoms with van der Waals surface area (Å²) in [7, 11) is 0. The predicted octanol–water partition coefficient (Wildman–Crippen LogP) is 4.98. The zero-order chi connectivity index (χ0) is 24.2. The second-order valence-corrected chi connectivity index (χ2v) is 9.01. The summed E-state index contributed by atoms with van der Waals surface area (Å²) < 4.78 is 2.13. The number of para-hydroxylation sites is 1. The summed E-state index contributed by atoms with van der Waals surface area (Å²) in [5.41, 5.74) is 5.64. The number of aldehydes is 1. The van der Waals surface area contributed by atoms with Crippen LogP contribution in [0.3, 0.4) is 0 Å². The Morgan fingerprint density at radius 1 is 0.886 bits per heavy atom. The van der Waals surface area contributed by atoms with Crippen molar-refractivity contribution in [2.24, 2.45) is 0 Å². The summed E-state index contributed by atoms with van der Waals surface area (Å²) in [6, 6.07) is 31.8. The third-order valence-corrected chi connectivity index (χ3v) is 6.65. The van der Waals surface area contributed by atoms with Crippen LogP contribution in [0.5, 0.6) is 0 Å². The lowest BCUT2D eigenvalue weighted by Gasteiger charge is -2.39. The standard InChI is InChI=1S/C30H29N3O2/c1-23-19-28(29(25-13-7-3-8-14-25)33(23)26-15-9-4-10-16-26)30(35)32-18-17-31(21-27(32)22-34)20-24-11-5-2-6-12-24/h2-16,19,22,27H,17-18,20-21H2,1H3/t27-/m0/s1. The van der Waals surface area contributed by atoms with Crippen molar-refractivity contribution in [1.82, 2.24) is 14.4 Å². The lowest BCUT2D eigenvalue weighted by Crippen LogP contribution is -2.55. The van der Waals surface area contributed by atoms with Crippen molar-refractivity contribution in [3.63, 3.8) is 0 Å². The van der Waals surface area contributed by atoms with Crippen molar-refractivity contribution in [1.29, 1.82) is 0 Å². The fourth-order valence-corrected chi connectivity index (χ4v) is 4.97. The van der Waals surface area contributed by atoms with Crippen LogP contribution in [0.25, 0.3) is 16.9 Å². The zero-order valence-electron chi connectivity index (χ0n) is 19.9. The van der Waals surface area contributed by atoms with Gasteiger partial charge in [0.15, 0.2) is 0 Å². The molecule has 1 saturated heterocycles. The van der Waals surface area contributed by atoms with Crippen LogP contribution in [0.15, 0.2) is 97.1 Å². The van der Waals surface area contributed by atoms with Gasteiger partial charge in [0.2, 0.25) is 0 Å². The molecule has 2 heterocycles. The smallest absolute Gasteiger partial charge is 0.256 e. The number of rotatable bonds is 6. The van der Waals surface area contributed by atoms with E-state index in [1.807, 2.05) is 91.9 Å². The Hall–Kier alpha value is -3.96. The van der Waals surface area contributed by atoms with Crippen LogP contribution in [0.4, 0.5) is 0 Å². The van der Waals surface area contributed by atoms with Gasteiger partial charge in [-0.05, 0) is 36.2 Å². The number of benzene rings is 3. The zero-order valence-corrected chi connectivity index (χ0v) is 19.9. The molecule has 4 aromatic rings. The van der Waals surface area contributed by atoms with Gasteiger partial charge in [0, 0.05) is 37.6 Å². The molecule has 35 heavy (non-hydrogen) atoms. The monoisotopic (exact) mass is 463 g/mol. The molecule has 1 aliphatic rings. The van der Waals surface area contributed by atoms with Gasteiger partial charge in [-0.3, -0.25) is 9.69 Å². The van der Waals surface area contributed by atoms with E-state index < -0.39 is 6.04 Å². The first-order valence-corrected chi connectivity index (χ1v) is 12.0. The second-order valence-electron chi connectivity index (χ2n) is 9.01. The summed E-state index contributed by atoms with van der Waals surface area (Å²) in [6.07, 6.45) is 0.915. The Kier molecular flexibility index (Phi) is 6.59. The molecule has 0 aliphatic carbocycles. The molecule has 0 unspecified atom stereocenters. The summed E-state index contributed by atoms with van der Waals surface area (Å²) in [6.45, 7) is 4.56. The summed E-state index contributed by atoms with van der Waals surface area (Å²) >= 11 is 0. The molecule has 1 fully saturated rings. The number of carbonyl (C=O) groups is 2. The van der Waals surface area contributed by atoms with Crippen LogP contribution in [0.2, 0.25) is 0 Å². The normalized spacial score (nSPS) is 16.3. The van der Waals surface area contributed by atoms with E-state index in [0.717, 1.165) is 42.0 Å².